The molecule has 0 saturated carbocycles. The minimum atomic E-state index is 0. The fourth-order valence-corrected chi connectivity index (χ4v) is 1.80. The Morgan fingerprint density at radius 2 is 1.00 bits per heavy atom. The minimum Gasteiger partial charge on any atom is -0.412 e. The van der Waals surface area contributed by atoms with Gasteiger partial charge in [-0.1, -0.05) is 7.43 Å². The number of piperazine rings is 1. The Labute approximate surface area is 187 Å². The van der Waals surface area contributed by atoms with E-state index in [2.05, 4.69) is 52.3 Å². The largest absolute Gasteiger partial charge is 0.412 e. The van der Waals surface area contributed by atoms with Crippen LogP contribution in [0.1, 0.15) is 7.43 Å². The predicted molar refractivity (Wildman–Crippen MR) is 128 cm³/mol. The molecule has 0 aromatic carbocycles. The number of rotatable bonds is 8. The number of hydrogen-bond donors (Lipinski definition) is 5. The molecule has 1 rings (SSSR count). The van der Waals surface area contributed by atoms with E-state index in [4.69, 9.17) is 20.4 Å². The first-order chi connectivity index (χ1) is 10.3. The first-order valence-electron chi connectivity index (χ1n) is 7.01. The van der Waals surface area contributed by atoms with Crippen LogP contribution in [0.3, 0.4) is 0 Å². The first-order valence-corrected chi connectivity index (χ1v) is 13.3. The van der Waals surface area contributed by atoms with Crippen LogP contribution in [0.2, 0.25) is 0 Å². The molecule has 0 amide bonds. The lowest BCUT2D eigenvalue weighted by atomic mass is 10.3. The zero-order valence-corrected chi connectivity index (χ0v) is 20.0. The Kier molecular flexibility index (Phi) is 49.8. The van der Waals surface area contributed by atoms with Crippen molar-refractivity contribution in [1.29, 1.82) is 0 Å². The molecule has 154 valence electrons. The Morgan fingerprint density at radius 1 is 0.708 bits per heavy atom. The van der Waals surface area contributed by atoms with E-state index < -0.39 is 0 Å². The van der Waals surface area contributed by atoms with Gasteiger partial charge in [0.15, 0.2) is 0 Å². The monoisotopic (exact) mass is 695 g/mol. The van der Waals surface area contributed by atoms with Crippen LogP contribution < -0.4 is 5.32 Å². The summed E-state index contributed by atoms with van der Waals surface area (Å²) < 4.78 is 0. The van der Waals surface area contributed by atoms with Gasteiger partial charge in [-0.25, -0.2) is 0 Å². The summed E-state index contributed by atoms with van der Waals surface area (Å²) in [7, 11) is 0. The van der Waals surface area contributed by atoms with Gasteiger partial charge in [-0.15, -0.1) is 24.0 Å². The number of hydrogen-bond acceptors (Lipinski definition) is 7. The smallest absolute Gasteiger partial charge is 0.0558 e. The highest BCUT2D eigenvalue weighted by atomic mass is 128. The van der Waals surface area contributed by atoms with E-state index in [1.165, 1.54) is 0 Å². The Hall–Kier alpha value is 1.87. The fourth-order valence-electron chi connectivity index (χ4n) is 1.80. The second kappa shape index (κ2) is 32.5. The second-order valence-electron chi connectivity index (χ2n) is 4.33. The number of halogens is 3. The molecule has 8 nitrogen and oxygen atoms in total. The van der Waals surface area contributed by atoms with Crippen LogP contribution in [0.4, 0.5) is 0 Å². The van der Waals surface area contributed by atoms with Crippen molar-refractivity contribution in [2.24, 2.45) is 0 Å². The normalized spacial score (nSPS) is 13.8. The average Bonchev–Trinajstić information content (AvgIpc) is 2.53. The Balaban J connectivity index is -0.0000000886. The molecule has 0 radical (unpaired) electrons. The zero-order valence-electron chi connectivity index (χ0n) is 13.3. The Bertz CT molecular complexity index is 176. The average molecular weight is 695 g/mol. The van der Waals surface area contributed by atoms with Crippen molar-refractivity contribution in [3.05, 3.63) is 0 Å². The summed E-state index contributed by atoms with van der Waals surface area (Å²) in [6, 6.07) is 0. The second-order valence-corrected chi connectivity index (χ2v) is 4.33. The molecule has 7 N–H and O–H groups in total. The molecule has 11 heteroatoms. The van der Waals surface area contributed by atoms with Gasteiger partial charge in [-0.3, -0.25) is 9.80 Å². The van der Waals surface area contributed by atoms with E-state index in [0.29, 0.717) is 13.1 Å². The molecule has 0 unspecified atom stereocenters. The van der Waals surface area contributed by atoms with Crippen molar-refractivity contribution in [2.45, 2.75) is 7.43 Å². The summed E-state index contributed by atoms with van der Waals surface area (Å²) in [6.45, 7) is 7.54. The molecule has 0 bridgehead atoms. The van der Waals surface area contributed by atoms with E-state index in [0.717, 1.165) is 39.3 Å². The summed E-state index contributed by atoms with van der Waals surface area (Å²) in [6.07, 6.45) is 0. The SMILES string of the molecule is C.I.II.O.OCCN1CCN(CCO)CC1.OCCNCCO. The highest BCUT2D eigenvalue weighted by Gasteiger charge is 2.14. The van der Waals surface area contributed by atoms with Crippen LogP contribution in [-0.4, -0.2) is 114 Å². The molecule has 0 aliphatic carbocycles. The molecule has 24 heavy (non-hydrogen) atoms. The van der Waals surface area contributed by atoms with Gasteiger partial charge in [0.05, 0.1) is 26.4 Å². The van der Waals surface area contributed by atoms with Gasteiger partial charge >= 0.3 is 0 Å². The highest BCUT2D eigenvalue weighted by molar-refractivity contribution is 15.0. The lowest BCUT2D eigenvalue weighted by molar-refractivity contribution is 0.0984. The maximum Gasteiger partial charge on any atom is 0.0558 e. The van der Waals surface area contributed by atoms with Crippen LogP contribution in [0.5, 0.6) is 0 Å². The highest BCUT2D eigenvalue weighted by Crippen LogP contribution is 1.99. The lowest BCUT2D eigenvalue weighted by Gasteiger charge is -2.33. The van der Waals surface area contributed by atoms with E-state index in [9.17, 15) is 0 Å². The van der Waals surface area contributed by atoms with Gasteiger partial charge in [0, 0.05) is 89.6 Å². The van der Waals surface area contributed by atoms with Crippen LogP contribution in [0.15, 0.2) is 0 Å². The third kappa shape index (κ3) is 26.1. The Morgan fingerprint density at radius 3 is 1.21 bits per heavy atom. The van der Waals surface area contributed by atoms with E-state index in [1.54, 1.807) is 0 Å². The molecule has 0 aromatic heterocycles. The zero-order chi connectivity index (χ0) is 16.3. The van der Waals surface area contributed by atoms with Gasteiger partial charge in [-0.05, 0) is 0 Å². The molecule has 0 aromatic rings. The van der Waals surface area contributed by atoms with Crippen LogP contribution in [0, 0.1) is 0 Å². The van der Waals surface area contributed by atoms with Crippen molar-refractivity contribution in [2.75, 3.05) is 78.8 Å². The van der Waals surface area contributed by atoms with Gasteiger partial charge in [-0.2, -0.15) is 0 Å². The summed E-state index contributed by atoms with van der Waals surface area (Å²) in [5, 5.41) is 36.5. The van der Waals surface area contributed by atoms with E-state index in [-0.39, 0.29) is 63.3 Å². The maximum atomic E-state index is 8.69. The first kappa shape index (κ1) is 36.7. The van der Waals surface area contributed by atoms with Gasteiger partial charge < -0.3 is 31.2 Å². The van der Waals surface area contributed by atoms with Crippen LogP contribution in [-0.2, 0) is 0 Å². The van der Waals surface area contributed by atoms with Gasteiger partial charge in [0.1, 0.15) is 0 Å². The summed E-state index contributed by atoms with van der Waals surface area (Å²) in [5.41, 5.74) is 0. The lowest BCUT2D eigenvalue weighted by Crippen LogP contribution is -2.47. The van der Waals surface area contributed by atoms with Crippen molar-refractivity contribution in [1.82, 2.24) is 15.1 Å². The number of β-amino-alcohol motifs (C(OH)–C–C–N with tert-alkyl or cyclic N) is 2. The van der Waals surface area contributed by atoms with Gasteiger partial charge in [0.2, 0.25) is 0 Å². The topological polar surface area (TPSA) is 131 Å². The standard InChI is InChI=1S/C8H18N2O2.C4H11NO2.CH4.I2.HI.H2O/c11-7-5-9-1-2-10(4-3-9)6-8-12;6-3-1-5-2-4-7;;1-2;;/h11-12H,1-8H2;5-7H,1-4H2;1H4;;1H;1H2. The molecular weight excluding hydrogens is 659 g/mol. The molecule has 0 spiro atoms. The summed E-state index contributed by atoms with van der Waals surface area (Å²) in [5.74, 6) is 0. The molecule has 1 aliphatic rings. The number of nitrogens with one attached hydrogen (secondary N) is 1. The maximum absolute atomic E-state index is 8.69. The quantitative estimate of drug-likeness (QED) is 0.169. The van der Waals surface area contributed by atoms with Crippen molar-refractivity contribution < 1.29 is 25.9 Å². The van der Waals surface area contributed by atoms with E-state index in [1.807, 2.05) is 0 Å². The summed E-state index contributed by atoms with van der Waals surface area (Å²) in [4.78, 5) is 4.49. The molecule has 1 heterocycles. The van der Waals surface area contributed by atoms with Crippen molar-refractivity contribution >= 4 is 61.2 Å². The number of aliphatic hydroxyl groups excluding tert-OH is 4. The van der Waals surface area contributed by atoms with Crippen LogP contribution in [0.25, 0.3) is 0 Å². The number of nitrogens with zero attached hydrogens (tertiary/aromatic N) is 2. The summed E-state index contributed by atoms with van der Waals surface area (Å²) >= 11 is 4.24. The molecule has 1 aliphatic heterocycles. The van der Waals surface area contributed by atoms with E-state index >= 15 is 0 Å². The molecular formula is C13H36I3N3O5. The fraction of sp³-hybridized carbons (Fsp3) is 1.00. The molecule has 1 fully saturated rings. The number of aliphatic hydroxyl groups is 4. The van der Waals surface area contributed by atoms with Gasteiger partial charge in [0.25, 0.3) is 0 Å². The molecule has 1 saturated heterocycles. The van der Waals surface area contributed by atoms with Crippen molar-refractivity contribution in [3.8, 4) is 0 Å². The van der Waals surface area contributed by atoms with Crippen LogP contribution >= 0.6 is 61.2 Å². The van der Waals surface area contributed by atoms with Crippen molar-refractivity contribution in [3.63, 3.8) is 0 Å². The third-order valence-corrected chi connectivity index (χ3v) is 2.87. The minimum absolute atomic E-state index is 0. The third-order valence-electron chi connectivity index (χ3n) is 2.87. The predicted octanol–water partition coefficient (Wildman–Crippen LogP) is -0.650. The molecule has 0 atom stereocenters.